The molecule has 7 heteroatoms. The number of halogens is 3. The molecule has 0 spiro atoms. The summed E-state index contributed by atoms with van der Waals surface area (Å²) in [7, 11) is 0. The summed E-state index contributed by atoms with van der Waals surface area (Å²) in [5, 5.41) is 0. The summed E-state index contributed by atoms with van der Waals surface area (Å²) in [6.45, 7) is -1.24. The highest BCUT2D eigenvalue weighted by Gasteiger charge is 2.27. The maximum atomic E-state index is 12.0. The highest BCUT2D eigenvalue weighted by atomic mass is 32.1. The van der Waals surface area contributed by atoms with Crippen molar-refractivity contribution in [3.05, 3.63) is 21.7 Å². The zero-order valence-electron chi connectivity index (χ0n) is 11.1. The van der Waals surface area contributed by atoms with Gasteiger partial charge >= 0.3 is 6.18 Å². The Bertz CT molecular complexity index is 513. The van der Waals surface area contributed by atoms with Crippen molar-refractivity contribution in [2.45, 2.75) is 44.7 Å². The first kappa shape index (κ1) is 15.4. The summed E-state index contributed by atoms with van der Waals surface area (Å²) in [6, 6.07) is 0. The van der Waals surface area contributed by atoms with Crippen LogP contribution >= 0.6 is 12.2 Å². The van der Waals surface area contributed by atoms with E-state index in [9.17, 15) is 13.2 Å². The number of fused-ring (bicyclic) bond motifs is 1. The molecule has 1 aromatic heterocycles. The van der Waals surface area contributed by atoms with Crippen LogP contribution in [-0.2, 0) is 24.0 Å². The van der Waals surface area contributed by atoms with Crippen LogP contribution in [0.1, 0.15) is 36.3 Å². The van der Waals surface area contributed by atoms with Crippen molar-refractivity contribution >= 4 is 12.2 Å². The molecule has 3 nitrogen and oxygen atoms in total. The zero-order valence-corrected chi connectivity index (χ0v) is 11.9. The number of nitrogens with zero attached hydrogens (tertiary/aromatic N) is 1. The van der Waals surface area contributed by atoms with E-state index in [0.717, 1.165) is 36.9 Å². The van der Waals surface area contributed by atoms with E-state index in [2.05, 4.69) is 14.7 Å². The van der Waals surface area contributed by atoms with Crippen molar-refractivity contribution in [2.75, 3.05) is 13.2 Å². The van der Waals surface area contributed by atoms with Gasteiger partial charge in [0.05, 0.1) is 6.61 Å². The van der Waals surface area contributed by atoms with Crippen LogP contribution in [0.4, 0.5) is 13.2 Å². The predicted octanol–water partition coefficient (Wildman–Crippen LogP) is 3.53. The van der Waals surface area contributed by atoms with Crippen molar-refractivity contribution in [2.24, 2.45) is 0 Å². The first-order chi connectivity index (χ1) is 9.46. The van der Waals surface area contributed by atoms with Crippen LogP contribution in [0.5, 0.6) is 0 Å². The summed E-state index contributed by atoms with van der Waals surface area (Å²) >= 11 is 5.27. The molecule has 0 amide bonds. The van der Waals surface area contributed by atoms with Crippen LogP contribution in [0.15, 0.2) is 0 Å². The highest BCUT2D eigenvalue weighted by Crippen LogP contribution is 2.20. The molecule has 1 aliphatic rings. The first-order valence-corrected chi connectivity index (χ1v) is 7.12. The van der Waals surface area contributed by atoms with Crippen molar-refractivity contribution in [3.8, 4) is 0 Å². The quantitative estimate of drug-likeness (QED) is 0.525. The summed E-state index contributed by atoms with van der Waals surface area (Å²) in [5.74, 6) is 0.609. The molecule has 1 N–H and O–H groups in total. The maximum absolute atomic E-state index is 12.0. The lowest BCUT2D eigenvalue weighted by atomic mass is 10.1. The maximum Gasteiger partial charge on any atom is 0.411 e. The van der Waals surface area contributed by atoms with Crippen molar-refractivity contribution in [3.63, 3.8) is 0 Å². The second-order valence-corrected chi connectivity index (χ2v) is 5.31. The number of aromatic amines is 1. The smallest absolute Gasteiger partial charge is 0.372 e. The first-order valence-electron chi connectivity index (χ1n) is 6.71. The van der Waals surface area contributed by atoms with E-state index in [1.165, 1.54) is 6.42 Å². The minimum absolute atomic E-state index is 0.0173. The average molecular weight is 306 g/mol. The van der Waals surface area contributed by atoms with Gasteiger partial charge in [-0.05, 0) is 25.7 Å². The van der Waals surface area contributed by atoms with Crippen LogP contribution in [0.2, 0.25) is 0 Å². The molecular weight excluding hydrogens is 289 g/mol. The Morgan fingerprint density at radius 1 is 1.20 bits per heavy atom. The Labute approximate surface area is 120 Å². The van der Waals surface area contributed by atoms with Gasteiger partial charge in [-0.25, -0.2) is 4.98 Å². The topological polar surface area (TPSA) is 37.9 Å². The Hall–Kier alpha value is -0.950. The summed E-state index contributed by atoms with van der Waals surface area (Å²) < 4.78 is 41.0. The Kier molecular flexibility index (Phi) is 5.15. The van der Waals surface area contributed by atoms with E-state index in [1.807, 2.05) is 0 Å². The van der Waals surface area contributed by atoms with Crippen molar-refractivity contribution < 1.29 is 17.9 Å². The van der Waals surface area contributed by atoms with Crippen LogP contribution in [0.25, 0.3) is 0 Å². The number of aryl methyl sites for hydroxylation is 1. The summed E-state index contributed by atoms with van der Waals surface area (Å²) in [4.78, 5) is 7.46. The SMILES string of the molecule is FC(F)(F)COCCc1nc(=S)c2c([nH]1)CCCCC2. The molecule has 1 aliphatic carbocycles. The minimum Gasteiger partial charge on any atom is -0.372 e. The minimum atomic E-state index is -4.28. The molecule has 1 aromatic rings. The lowest BCUT2D eigenvalue weighted by Crippen LogP contribution is -2.18. The predicted molar refractivity (Wildman–Crippen MR) is 71.3 cm³/mol. The van der Waals surface area contributed by atoms with E-state index >= 15 is 0 Å². The van der Waals surface area contributed by atoms with Gasteiger partial charge in [0.25, 0.3) is 0 Å². The van der Waals surface area contributed by atoms with E-state index in [-0.39, 0.29) is 6.61 Å². The van der Waals surface area contributed by atoms with Gasteiger partial charge in [0.1, 0.15) is 17.1 Å². The molecule has 0 atom stereocenters. The number of nitrogens with one attached hydrogen (secondary N) is 1. The van der Waals surface area contributed by atoms with Gasteiger partial charge in [-0.2, -0.15) is 13.2 Å². The number of rotatable bonds is 4. The van der Waals surface area contributed by atoms with Gasteiger partial charge in [-0.15, -0.1) is 0 Å². The molecule has 0 saturated heterocycles. The monoisotopic (exact) mass is 306 g/mol. The third kappa shape index (κ3) is 4.56. The second kappa shape index (κ2) is 6.67. The lowest BCUT2D eigenvalue weighted by molar-refractivity contribution is -0.173. The number of aromatic nitrogens is 2. The molecule has 0 unspecified atom stereocenters. The standard InChI is InChI=1S/C13H17F3N2OS/c14-13(15,16)8-19-7-6-11-17-10-5-3-1-2-4-9(10)12(20)18-11/h1-8H2,(H,17,18,20). The third-order valence-corrected chi connectivity index (χ3v) is 3.59. The fourth-order valence-corrected chi connectivity index (χ4v) is 2.66. The van der Waals surface area contributed by atoms with Gasteiger partial charge in [0, 0.05) is 17.7 Å². The van der Waals surface area contributed by atoms with Crippen LogP contribution in [0.3, 0.4) is 0 Å². The molecule has 0 aromatic carbocycles. The molecule has 0 radical (unpaired) electrons. The van der Waals surface area contributed by atoms with Gasteiger partial charge in [0.15, 0.2) is 0 Å². The average Bonchev–Trinajstić information content (AvgIpc) is 2.59. The number of ether oxygens (including phenoxy) is 1. The zero-order chi connectivity index (χ0) is 14.6. The normalized spacial score (nSPS) is 15.8. The van der Waals surface area contributed by atoms with Gasteiger partial charge < -0.3 is 9.72 Å². The van der Waals surface area contributed by atoms with Gasteiger partial charge in [0.2, 0.25) is 0 Å². The number of H-pyrrole nitrogens is 1. The van der Waals surface area contributed by atoms with E-state index < -0.39 is 12.8 Å². The Balaban J connectivity index is 1.98. The van der Waals surface area contributed by atoms with Gasteiger partial charge in [-0.3, -0.25) is 0 Å². The molecule has 1 heterocycles. The Morgan fingerprint density at radius 2 is 1.95 bits per heavy atom. The number of hydrogen-bond acceptors (Lipinski definition) is 3. The second-order valence-electron chi connectivity index (χ2n) is 4.92. The molecule has 0 bridgehead atoms. The van der Waals surface area contributed by atoms with Gasteiger partial charge in [-0.1, -0.05) is 18.6 Å². The van der Waals surface area contributed by atoms with Crippen molar-refractivity contribution in [1.82, 2.24) is 9.97 Å². The molecule has 0 aliphatic heterocycles. The molecule has 112 valence electrons. The molecular formula is C13H17F3N2OS. The van der Waals surface area contributed by atoms with Crippen LogP contribution < -0.4 is 0 Å². The third-order valence-electron chi connectivity index (χ3n) is 3.26. The molecule has 2 rings (SSSR count). The summed E-state index contributed by atoms with van der Waals surface area (Å²) in [6.07, 6.45) is 1.27. The molecule has 20 heavy (non-hydrogen) atoms. The van der Waals surface area contributed by atoms with E-state index in [1.54, 1.807) is 0 Å². The number of alkyl halides is 3. The fourth-order valence-electron chi connectivity index (χ4n) is 2.32. The Morgan fingerprint density at radius 3 is 2.70 bits per heavy atom. The molecule has 0 fully saturated rings. The highest BCUT2D eigenvalue weighted by molar-refractivity contribution is 7.71. The number of hydrogen-bond donors (Lipinski definition) is 1. The van der Waals surface area contributed by atoms with E-state index in [0.29, 0.717) is 16.9 Å². The lowest BCUT2D eigenvalue weighted by Gasteiger charge is -2.10. The largest absolute Gasteiger partial charge is 0.411 e. The molecule has 0 saturated carbocycles. The van der Waals surface area contributed by atoms with E-state index in [4.69, 9.17) is 12.2 Å². The fraction of sp³-hybridized carbons (Fsp3) is 0.692. The van der Waals surface area contributed by atoms with Crippen LogP contribution in [-0.4, -0.2) is 29.4 Å². The summed E-state index contributed by atoms with van der Waals surface area (Å²) in [5.41, 5.74) is 2.19. The van der Waals surface area contributed by atoms with Crippen molar-refractivity contribution in [1.29, 1.82) is 0 Å². The van der Waals surface area contributed by atoms with Crippen LogP contribution in [0, 0.1) is 4.64 Å².